The SMILES string of the molecule is O=C(O)COc1ccc(-c2cc(C(=O)O)c3ccccc3n2)cc1. The van der Waals surface area contributed by atoms with Crippen LogP contribution in [-0.2, 0) is 4.79 Å². The molecule has 0 spiro atoms. The van der Waals surface area contributed by atoms with E-state index in [0.717, 1.165) is 0 Å². The topological polar surface area (TPSA) is 96.7 Å². The molecule has 1 heterocycles. The molecule has 0 aliphatic carbocycles. The van der Waals surface area contributed by atoms with E-state index in [9.17, 15) is 14.7 Å². The largest absolute Gasteiger partial charge is 0.482 e. The number of ether oxygens (including phenoxy) is 1. The second-order valence-corrected chi connectivity index (χ2v) is 5.08. The number of hydrogen-bond donors (Lipinski definition) is 2. The third-order valence-corrected chi connectivity index (χ3v) is 3.46. The molecule has 0 atom stereocenters. The lowest BCUT2D eigenvalue weighted by Gasteiger charge is -2.08. The van der Waals surface area contributed by atoms with E-state index in [1.54, 1.807) is 48.5 Å². The highest BCUT2D eigenvalue weighted by Gasteiger charge is 2.12. The summed E-state index contributed by atoms with van der Waals surface area (Å²) in [6.07, 6.45) is 0. The van der Waals surface area contributed by atoms with Crippen molar-refractivity contribution in [3.8, 4) is 17.0 Å². The Balaban J connectivity index is 2.00. The number of aliphatic carboxylic acids is 1. The molecule has 0 bridgehead atoms. The molecular weight excluding hydrogens is 310 g/mol. The fourth-order valence-corrected chi connectivity index (χ4v) is 2.37. The van der Waals surface area contributed by atoms with Crippen LogP contribution in [-0.4, -0.2) is 33.7 Å². The first-order valence-electron chi connectivity index (χ1n) is 7.13. The first kappa shape index (κ1) is 15.5. The van der Waals surface area contributed by atoms with Gasteiger partial charge in [-0.15, -0.1) is 0 Å². The molecular formula is C18H13NO5. The average Bonchev–Trinajstić information content (AvgIpc) is 2.59. The van der Waals surface area contributed by atoms with Crippen molar-refractivity contribution in [1.29, 1.82) is 0 Å². The lowest BCUT2D eigenvalue weighted by atomic mass is 10.0. The molecule has 6 nitrogen and oxygen atoms in total. The van der Waals surface area contributed by atoms with E-state index in [2.05, 4.69) is 4.98 Å². The summed E-state index contributed by atoms with van der Waals surface area (Å²) in [4.78, 5) is 26.5. The van der Waals surface area contributed by atoms with Crippen molar-refractivity contribution in [1.82, 2.24) is 4.98 Å². The standard InChI is InChI=1S/C18H13NO5/c20-17(21)10-24-12-7-5-11(6-8-12)16-9-14(18(22)23)13-3-1-2-4-15(13)19-16/h1-9H,10H2,(H,20,21)(H,22,23). The zero-order valence-corrected chi connectivity index (χ0v) is 12.5. The monoisotopic (exact) mass is 323 g/mol. The van der Waals surface area contributed by atoms with Crippen LogP contribution in [0.4, 0.5) is 0 Å². The minimum atomic E-state index is -1.05. The van der Waals surface area contributed by atoms with Crippen LogP contribution in [0.25, 0.3) is 22.2 Å². The van der Waals surface area contributed by atoms with Crippen molar-refractivity contribution in [2.24, 2.45) is 0 Å². The first-order valence-corrected chi connectivity index (χ1v) is 7.13. The molecule has 0 aliphatic heterocycles. The number of rotatable bonds is 5. The van der Waals surface area contributed by atoms with E-state index in [0.29, 0.717) is 27.9 Å². The number of benzene rings is 2. The summed E-state index contributed by atoms with van der Waals surface area (Å²) in [5, 5.41) is 18.6. The second kappa shape index (κ2) is 6.37. The first-order chi connectivity index (χ1) is 11.5. The average molecular weight is 323 g/mol. The van der Waals surface area contributed by atoms with Gasteiger partial charge >= 0.3 is 11.9 Å². The van der Waals surface area contributed by atoms with Gasteiger partial charge in [0.05, 0.1) is 16.8 Å². The molecule has 0 unspecified atom stereocenters. The fourth-order valence-electron chi connectivity index (χ4n) is 2.37. The maximum Gasteiger partial charge on any atom is 0.341 e. The van der Waals surface area contributed by atoms with Crippen LogP contribution in [0.3, 0.4) is 0 Å². The number of carboxylic acid groups (broad SMARTS) is 2. The van der Waals surface area contributed by atoms with Gasteiger partial charge in [0.25, 0.3) is 0 Å². The Morgan fingerprint density at radius 3 is 2.38 bits per heavy atom. The van der Waals surface area contributed by atoms with Crippen LogP contribution in [0.2, 0.25) is 0 Å². The minimum Gasteiger partial charge on any atom is -0.482 e. The number of para-hydroxylation sites is 1. The third-order valence-electron chi connectivity index (χ3n) is 3.46. The summed E-state index contributed by atoms with van der Waals surface area (Å²) in [6, 6.07) is 15.2. The van der Waals surface area contributed by atoms with Crippen molar-refractivity contribution < 1.29 is 24.5 Å². The van der Waals surface area contributed by atoms with Gasteiger partial charge in [0.2, 0.25) is 0 Å². The van der Waals surface area contributed by atoms with Crippen LogP contribution in [0.1, 0.15) is 10.4 Å². The fraction of sp³-hybridized carbons (Fsp3) is 0.0556. The molecule has 0 amide bonds. The maximum atomic E-state index is 11.5. The van der Waals surface area contributed by atoms with E-state index in [1.807, 2.05) is 0 Å². The molecule has 24 heavy (non-hydrogen) atoms. The summed E-state index contributed by atoms with van der Waals surface area (Å²) < 4.78 is 5.08. The highest BCUT2D eigenvalue weighted by molar-refractivity contribution is 6.03. The molecule has 3 rings (SSSR count). The maximum absolute atomic E-state index is 11.5. The van der Waals surface area contributed by atoms with Gasteiger partial charge in [-0.25, -0.2) is 14.6 Å². The predicted molar refractivity (Wildman–Crippen MR) is 87.3 cm³/mol. The summed E-state index contributed by atoms with van der Waals surface area (Å²) in [5.74, 6) is -1.65. The number of aromatic nitrogens is 1. The number of carboxylic acids is 2. The van der Waals surface area contributed by atoms with E-state index in [4.69, 9.17) is 9.84 Å². The van der Waals surface area contributed by atoms with Crippen molar-refractivity contribution in [3.63, 3.8) is 0 Å². The van der Waals surface area contributed by atoms with Gasteiger partial charge in [-0.1, -0.05) is 18.2 Å². The number of aromatic carboxylic acids is 1. The lowest BCUT2D eigenvalue weighted by Crippen LogP contribution is -2.09. The molecule has 0 fully saturated rings. The van der Waals surface area contributed by atoms with Crippen molar-refractivity contribution in [2.75, 3.05) is 6.61 Å². The zero-order valence-electron chi connectivity index (χ0n) is 12.5. The Hall–Kier alpha value is -3.41. The van der Waals surface area contributed by atoms with Crippen LogP contribution in [0.5, 0.6) is 5.75 Å². The van der Waals surface area contributed by atoms with E-state index in [1.165, 1.54) is 6.07 Å². The number of fused-ring (bicyclic) bond motifs is 1. The zero-order chi connectivity index (χ0) is 17.1. The predicted octanol–water partition coefficient (Wildman–Crippen LogP) is 3.06. The molecule has 0 saturated heterocycles. The Morgan fingerprint density at radius 1 is 1.00 bits per heavy atom. The van der Waals surface area contributed by atoms with Crippen LogP contribution in [0, 0.1) is 0 Å². The number of pyridine rings is 1. The number of hydrogen-bond acceptors (Lipinski definition) is 4. The summed E-state index contributed by atoms with van der Waals surface area (Å²) >= 11 is 0. The lowest BCUT2D eigenvalue weighted by molar-refractivity contribution is -0.139. The summed E-state index contributed by atoms with van der Waals surface area (Å²) in [7, 11) is 0. The minimum absolute atomic E-state index is 0.182. The van der Waals surface area contributed by atoms with Crippen molar-refractivity contribution >= 4 is 22.8 Å². The Labute approximate surface area is 137 Å². The smallest absolute Gasteiger partial charge is 0.341 e. The Morgan fingerprint density at radius 2 is 1.71 bits per heavy atom. The van der Waals surface area contributed by atoms with Crippen LogP contribution in [0.15, 0.2) is 54.6 Å². The Bertz CT molecular complexity index is 918. The number of nitrogens with zero attached hydrogens (tertiary/aromatic N) is 1. The van der Waals surface area contributed by atoms with Gasteiger partial charge in [0, 0.05) is 10.9 Å². The molecule has 2 aromatic carbocycles. The molecule has 0 radical (unpaired) electrons. The van der Waals surface area contributed by atoms with E-state index < -0.39 is 18.5 Å². The molecule has 120 valence electrons. The van der Waals surface area contributed by atoms with Crippen molar-refractivity contribution in [2.45, 2.75) is 0 Å². The van der Waals surface area contributed by atoms with Crippen molar-refractivity contribution in [3.05, 3.63) is 60.2 Å². The highest BCUT2D eigenvalue weighted by Crippen LogP contribution is 2.26. The van der Waals surface area contributed by atoms with Gasteiger partial charge in [0.15, 0.2) is 6.61 Å². The summed E-state index contributed by atoms with van der Waals surface area (Å²) in [6.45, 7) is -0.420. The van der Waals surface area contributed by atoms with Gasteiger partial charge in [-0.2, -0.15) is 0 Å². The molecule has 6 heteroatoms. The summed E-state index contributed by atoms with van der Waals surface area (Å²) in [5.41, 5.74) is 2.02. The second-order valence-electron chi connectivity index (χ2n) is 5.08. The van der Waals surface area contributed by atoms with Gasteiger partial charge < -0.3 is 14.9 Å². The molecule has 0 aliphatic rings. The molecule has 2 N–H and O–H groups in total. The molecule has 0 saturated carbocycles. The highest BCUT2D eigenvalue weighted by atomic mass is 16.5. The van der Waals surface area contributed by atoms with Crippen LogP contribution >= 0.6 is 0 Å². The third kappa shape index (κ3) is 3.17. The van der Waals surface area contributed by atoms with Gasteiger partial charge in [-0.3, -0.25) is 0 Å². The van der Waals surface area contributed by atoms with E-state index >= 15 is 0 Å². The normalized spacial score (nSPS) is 10.5. The number of carbonyl (C=O) groups is 2. The van der Waals surface area contributed by atoms with Gasteiger partial charge in [-0.05, 0) is 36.4 Å². The Kier molecular flexibility index (Phi) is 4.11. The molecule has 3 aromatic rings. The molecule has 1 aromatic heterocycles. The quantitative estimate of drug-likeness (QED) is 0.749. The van der Waals surface area contributed by atoms with Crippen LogP contribution < -0.4 is 4.74 Å². The van der Waals surface area contributed by atoms with E-state index in [-0.39, 0.29) is 5.56 Å². The van der Waals surface area contributed by atoms with Gasteiger partial charge in [0.1, 0.15) is 5.75 Å².